The zero-order chi connectivity index (χ0) is 8.39. The molecule has 2 heterocycles. The molecular weight excluding hydrogens is 174 g/mol. The predicted molar refractivity (Wildman–Crippen MR) is 49.7 cm³/mol. The summed E-state index contributed by atoms with van der Waals surface area (Å²) in [5.74, 6) is 0. The third kappa shape index (κ3) is 1.93. The number of halogens is 1. The van der Waals surface area contributed by atoms with Crippen LogP contribution in [0.5, 0.6) is 0 Å². The number of nitrogens with zero attached hydrogens (tertiary/aromatic N) is 1. The second-order valence-electron chi connectivity index (χ2n) is 3.75. The number of rotatable bonds is 1. The van der Waals surface area contributed by atoms with E-state index in [2.05, 4.69) is 4.90 Å². The predicted octanol–water partition coefficient (Wildman–Crippen LogP) is 1.48. The Morgan fingerprint density at radius 3 is 2.92 bits per heavy atom. The summed E-state index contributed by atoms with van der Waals surface area (Å²) in [7, 11) is 0. The van der Waals surface area contributed by atoms with Gasteiger partial charge in [0.1, 0.15) is 0 Å². The fraction of sp³-hybridized carbons (Fsp3) is 1.00. The van der Waals surface area contributed by atoms with E-state index in [0.717, 1.165) is 19.8 Å². The van der Waals surface area contributed by atoms with E-state index in [-0.39, 0.29) is 0 Å². The van der Waals surface area contributed by atoms with E-state index in [1.165, 1.54) is 25.8 Å². The maximum absolute atomic E-state index is 6.11. The molecule has 2 rings (SSSR count). The van der Waals surface area contributed by atoms with E-state index in [1.54, 1.807) is 0 Å². The number of alkyl halides is 1. The first kappa shape index (κ1) is 8.79. The molecular formula is C9H16ClNO. The lowest BCUT2D eigenvalue weighted by atomic mass is 10.1. The summed E-state index contributed by atoms with van der Waals surface area (Å²) in [5.41, 5.74) is 0. The van der Waals surface area contributed by atoms with Gasteiger partial charge in [-0.2, -0.15) is 0 Å². The van der Waals surface area contributed by atoms with E-state index in [4.69, 9.17) is 16.3 Å². The Hall–Kier alpha value is 0.210. The van der Waals surface area contributed by atoms with Gasteiger partial charge < -0.3 is 4.74 Å². The molecule has 0 amide bonds. The maximum Gasteiger partial charge on any atom is 0.0622 e. The van der Waals surface area contributed by atoms with Crippen LogP contribution in [0, 0.1) is 0 Å². The molecule has 2 aliphatic rings. The molecule has 2 fully saturated rings. The number of hydrogen-bond donors (Lipinski definition) is 0. The van der Waals surface area contributed by atoms with Gasteiger partial charge in [0.15, 0.2) is 0 Å². The topological polar surface area (TPSA) is 12.5 Å². The van der Waals surface area contributed by atoms with Crippen molar-refractivity contribution in [1.29, 1.82) is 0 Å². The van der Waals surface area contributed by atoms with Gasteiger partial charge in [0, 0.05) is 24.6 Å². The van der Waals surface area contributed by atoms with E-state index >= 15 is 0 Å². The lowest BCUT2D eigenvalue weighted by Gasteiger charge is -2.33. The Bertz CT molecular complexity index is 147. The monoisotopic (exact) mass is 189 g/mol. The van der Waals surface area contributed by atoms with Crippen molar-refractivity contribution in [3.63, 3.8) is 0 Å². The summed E-state index contributed by atoms with van der Waals surface area (Å²) in [4.78, 5) is 2.49. The molecule has 0 saturated carbocycles. The molecule has 2 atom stereocenters. The highest BCUT2D eigenvalue weighted by Gasteiger charge is 2.27. The average Bonchev–Trinajstić information content (AvgIpc) is 2.56. The van der Waals surface area contributed by atoms with Gasteiger partial charge in [-0.1, -0.05) is 0 Å². The SMILES string of the molecule is ClC1CCCN(C2CCOC2)C1. The van der Waals surface area contributed by atoms with Crippen LogP contribution in [0.2, 0.25) is 0 Å². The van der Waals surface area contributed by atoms with Crippen LogP contribution in [-0.4, -0.2) is 42.6 Å². The van der Waals surface area contributed by atoms with Crippen LogP contribution in [0.3, 0.4) is 0 Å². The van der Waals surface area contributed by atoms with Gasteiger partial charge in [-0.05, 0) is 25.8 Å². The van der Waals surface area contributed by atoms with Crippen molar-refractivity contribution in [2.75, 3.05) is 26.3 Å². The molecule has 0 radical (unpaired) electrons. The number of hydrogen-bond acceptors (Lipinski definition) is 2. The summed E-state index contributed by atoms with van der Waals surface area (Å²) in [6.45, 7) is 4.14. The summed E-state index contributed by atoms with van der Waals surface area (Å²) in [6.07, 6.45) is 3.64. The molecule has 2 aliphatic heterocycles. The van der Waals surface area contributed by atoms with Gasteiger partial charge in [0.05, 0.1) is 6.61 Å². The van der Waals surface area contributed by atoms with Gasteiger partial charge in [-0.25, -0.2) is 0 Å². The number of piperidine rings is 1. The second kappa shape index (κ2) is 3.95. The smallest absolute Gasteiger partial charge is 0.0622 e. The minimum Gasteiger partial charge on any atom is -0.380 e. The third-order valence-corrected chi connectivity index (χ3v) is 3.17. The molecule has 0 aromatic rings. The molecule has 0 aromatic carbocycles. The lowest BCUT2D eigenvalue weighted by molar-refractivity contribution is 0.129. The van der Waals surface area contributed by atoms with Crippen molar-refractivity contribution in [2.45, 2.75) is 30.7 Å². The van der Waals surface area contributed by atoms with Crippen LogP contribution in [0.4, 0.5) is 0 Å². The molecule has 0 N–H and O–H groups in total. The Morgan fingerprint density at radius 2 is 2.25 bits per heavy atom. The minimum atomic E-state index is 0.374. The van der Waals surface area contributed by atoms with E-state index in [1.807, 2.05) is 0 Å². The highest BCUT2D eigenvalue weighted by molar-refractivity contribution is 6.20. The number of ether oxygens (including phenoxy) is 1. The Kier molecular flexibility index (Phi) is 2.89. The molecule has 2 saturated heterocycles. The van der Waals surface area contributed by atoms with Crippen molar-refractivity contribution in [2.24, 2.45) is 0 Å². The molecule has 2 nitrogen and oxygen atoms in total. The van der Waals surface area contributed by atoms with Gasteiger partial charge in [-0.15, -0.1) is 11.6 Å². The molecule has 12 heavy (non-hydrogen) atoms. The van der Waals surface area contributed by atoms with Crippen molar-refractivity contribution in [1.82, 2.24) is 4.90 Å². The van der Waals surface area contributed by atoms with Crippen LogP contribution in [-0.2, 0) is 4.74 Å². The van der Waals surface area contributed by atoms with E-state index in [0.29, 0.717) is 11.4 Å². The Balaban J connectivity index is 1.85. The zero-order valence-electron chi connectivity index (χ0n) is 7.34. The van der Waals surface area contributed by atoms with Gasteiger partial charge in [-0.3, -0.25) is 4.90 Å². The molecule has 0 aliphatic carbocycles. The zero-order valence-corrected chi connectivity index (χ0v) is 8.09. The first-order valence-electron chi connectivity index (χ1n) is 4.82. The maximum atomic E-state index is 6.11. The van der Waals surface area contributed by atoms with Crippen LogP contribution in [0.25, 0.3) is 0 Å². The minimum absolute atomic E-state index is 0.374. The Labute approximate surface area is 78.8 Å². The fourth-order valence-electron chi connectivity index (χ4n) is 2.09. The highest BCUT2D eigenvalue weighted by atomic mass is 35.5. The van der Waals surface area contributed by atoms with Crippen LogP contribution in [0.15, 0.2) is 0 Å². The quantitative estimate of drug-likeness (QED) is 0.580. The molecule has 0 spiro atoms. The van der Waals surface area contributed by atoms with Crippen LogP contribution in [0.1, 0.15) is 19.3 Å². The van der Waals surface area contributed by atoms with Gasteiger partial charge >= 0.3 is 0 Å². The van der Waals surface area contributed by atoms with Crippen LogP contribution < -0.4 is 0 Å². The lowest BCUT2D eigenvalue weighted by Crippen LogP contribution is -2.43. The highest BCUT2D eigenvalue weighted by Crippen LogP contribution is 2.20. The standard InChI is InChI=1S/C9H16ClNO/c10-8-2-1-4-11(6-8)9-3-5-12-7-9/h8-9H,1-7H2. The van der Waals surface area contributed by atoms with Crippen molar-refractivity contribution in [3.05, 3.63) is 0 Å². The normalized spacial score (nSPS) is 38.8. The first-order chi connectivity index (χ1) is 5.86. The van der Waals surface area contributed by atoms with Crippen molar-refractivity contribution >= 4 is 11.6 Å². The average molecular weight is 190 g/mol. The molecule has 0 aromatic heterocycles. The molecule has 0 bridgehead atoms. The second-order valence-corrected chi connectivity index (χ2v) is 4.37. The summed E-state index contributed by atoms with van der Waals surface area (Å²) < 4.78 is 5.36. The summed E-state index contributed by atoms with van der Waals surface area (Å²) in [6, 6.07) is 0.659. The van der Waals surface area contributed by atoms with Crippen molar-refractivity contribution < 1.29 is 4.74 Å². The molecule has 70 valence electrons. The summed E-state index contributed by atoms with van der Waals surface area (Å²) >= 11 is 6.11. The van der Waals surface area contributed by atoms with E-state index in [9.17, 15) is 0 Å². The largest absolute Gasteiger partial charge is 0.380 e. The van der Waals surface area contributed by atoms with Gasteiger partial charge in [0.25, 0.3) is 0 Å². The van der Waals surface area contributed by atoms with Crippen LogP contribution >= 0.6 is 11.6 Å². The fourth-order valence-corrected chi connectivity index (χ4v) is 2.43. The van der Waals surface area contributed by atoms with E-state index < -0.39 is 0 Å². The first-order valence-corrected chi connectivity index (χ1v) is 5.26. The third-order valence-electron chi connectivity index (χ3n) is 2.82. The van der Waals surface area contributed by atoms with Crippen molar-refractivity contribution in [3.8, 4) is 0 Å². The Morgan fingerprint density at radius 1 is 1.33 bits per heavy atom. The molecule has 2 unspecified atom stereocenters. The van der Waals surface area contributed by atoms with Gasteiger partial charge in [0.2, 0.25) is 0 Å². The summed E-state index contributed by atoms with van der Waals surface area (Å²) in [5, 5.41) is 0.374. The molecule has 3 heteroatoms. The number of likely N-dealkylation sites (tertiary alicyclic amines) is 1.